The molecule has 2 N–H and O–H groups in total. The van der Waals surface area contributed by atoms with Gasteiger partial charge in [-0.2, -0.15) is 8.78 Å². The Labute approximate surface area is 106 Å². The van der Waals surface area contributed by atoms with Crippen LogP contribution < -0.4 is 10.5 Å². The highest BCUT2D eigenvalue weighted by Crippen LogP contribution is 2.65. The summed E-state index contributed by atoms with van der Waals surface area (Å²) < 4.78 is 29.8. The van der Waals surface area contributed by atoms with E-state index in [1.54, 1.807) is 13.0 Å². The van der Waals surface area contributed by atoms with Gasteiger partial charge in [0.1, 0.15) is 5.75 Å². The summed E-state index contributed by atoms with van der Waals surface area (Å²) in [4.78, 5) is 0. The molecule has 0 bridgehead atoms. The monoisotopic (exact) mass is 255 g/mol. The van der Waals surface area contributed by atoms with E-state index < -0.39 is 6.61 Å². The van der Waals surface area contributed by atoms with Gasteiger partial charge in [-0.1, -0.05) is 32.0 Å². The normalized spacial score (nSPS) is 25.3. The fraction of sp³-hybridized carbons (Fsp3) is 0.571. The van der Waals surface area contributed by atoms with Gasteiger partial charge in [-0.3, -0.25) is 0 Å². The van der Waals surface area contributed by atoms with Gasteiger partial charge >= 0.3 is 6.61 Å². The second kappa shape index (κ2) is 4.19. The van der Waals surface area contributed by atoms with Crippen molar-refractivity contribution in [3.8, 4) is 5.75 Å². The summed E-state index contributed by atoms with van der Waals surface area (Å²) >= 11 is 0. The Morgan fingerprint density at radius 2 is 2.00 bits per heavy atom. The molecule has 2 rings (SSSR count). The first-order chi connectivity index (χ1) is 8.34. The van der Waals surface area contributed by atoms with Crippen molar-refractivity contribution < 1.29 is 13.5 Å². The number of para-hydroxylation sites is 1. The molecule has 0 spiro atoms. The van der Waals surface area contributed by atoms with Gasteiger partial charge in [0.2, 0.25) is 0 Å². The average Bonchev–Trinajstić information content (AvgIpc) is 2.84. The molecule has 0 aromatic heterocycles. The molecule has 0 aliphatic heterocycles. The molecule has 1 atom stereocenters. The van der Waals surface area contributed by atoms with E-state index in [1.165, 1.54) is 0 Å². The second-order valence-electron chi connectivity index (χ2n) is 5.68. The van der Waals surface area contributed by atoms with Gasteiger partial charge in [-0.25, -0.2) is 0 Å². The molecule has 1 aromatic carbocycles. The predicted octanol–water partition coefficient (Wildman–Crippen LogP) is 3.22. The van der Waals surface area contributed by atoms with Crippen LogP contribution in [0.5, 0.6) is 5.75 Å². The zero-order valence-electron chi connectivity index (χ0n) is 11.0. The third-order valence-corrected chi connectivity index (χ3v) is 4.20. The van der Waals surface area contributed by atoms with E-state index in [0.717, 1.165) is 17.5 Å². The molecule has 100 valence electrons. The summed E-state index contributed by atoms with van der Waals surface area (Å²) in [6.07, 6.45) is 0.902. The summed E-state index contributed by atoms with van der Waals surface area (Å²) in [6, 6.07) is 5.50. The standard InChI is InChI=1S/C14H19F2NO/c1-9-5-4-6-10(11(9)18-12(15)16)14(8-17)7-13(14,2)3/h4-6,12H,7-8,17H2,1-3H3. The molecular weight excluding hydrogens is 236 g/mol. The van der Waals surface area contributed by atoms with Crippen LogP contribution in [-0.2, 0) is 5.41 Å². The second-order valence-corrected chi connectivity index (χ2v) is 5.68. The summed E-state index contributed by atoms with van der Waals surface area (Å²) in [5.41, 5.74) is 7.23. The first-order valence-electron chi connectivity index (χ1n) is 6.09. The molecular formula is C14H19F2NO. The van der Waals surface area contributed by atoms with Crippen LogP contribution in [0.3, 0.4) is 0 Å². The van der Waals surface area contributed by atoms with Crippen LogP contribution in [-0.4, -0.2) is 13.2 Å². The van der Waals surface area contributed by atoms with E-state index in [9.17, 15) is 8.78 Å². The Bertz CT molecular complexity index is 459. The molecule has 1 aliphatic carbocycles. The van der Waals surface area contributed by atoms with Crippen LogP contribution in [0, 0.1) is 12.3 Å². The Kier molecular flexibility index (Phi) is 3.09. The lowest BCUT2D eigenvalue weighted by atomic mass is 9.86. The topological polar surface area (TPSA) is 35.2 Å². The third kappa shape index (κ3) is 1.88. The fourth-order valence-corrected chi connectivity index (χ4v) is 2.90. The molecule has 0 radical (unpaired) electrons. The third-order valence-electron chi connectivity index (χ3n) is 4.20. The van der Waals surface area contributed by atoms with E-state index in [-0.39, 0.29) is 10.8 Å². The zero-order valence-corrected chi connectivity index (χ0v) is 11.0. The number of benzene rings is 1. The number of alkyl halides is 2. The maximum Gasteiger partial charge on any atom is 0.387 e. The average molecular weight is 255 g/mol. The summed E-state index contributed by atoms with van der Waals surface area (Å²) in [5, 5.41) is 0. The molecule has 2 nitrogen and oxygen atoms in total. The van der Waals surface area contributed by atoms with Crippen molar-refractivity contribution in [3.63, 3.8) is 0 Å². The quantitative estimate of drug-likeness (QED) is 0.896. The smallest absolute Gasteiger partial charge is 0.387 e. The van der Waals surface area contributed by atoms with Gasteiger partial charge in [0.25, 0.3) is 0 Å². The highest BCUT2D eigenvalue weighted by molar-refractivity contribution is 5.50. The predicted molar refractivity (Wildman–Crippen MR) is 66.9 cm³/mol. The van der Waals surface area contributed by atoms with Crippen LogP contribution in [0.15, 0.2) is 18.2 Å². The van der Waals surface area contributed by atoms with E-state index in [1.807, 2.05) is 12.1 Å². The molecule has 1 aromatic rings. The fourth-order valence-electron chi connectivity index (χ4n) is 2.90. The van der Waals surface area contributed by atoms with Gasteiger partial charge in [0.05, 0.1) is 0 Å². The molecule has 1 saturated carbocycles. The maximum atomic E-state index is 12.5. The lowest BCUT2D eigenvalue weighted by Gasteiger charge is -2.23. The Balaban J connectivity index is 2.48. The Hall–Kier alpha value is -1.16. The molecule has 0 saturated heterocycles. The van der Waals surface area contributed by atoms with Crippen molar-refractivity contribution in [2.45, 2.75) is 39.2 Å². The van der Waals surface area contributed by atoms with Crippen molar-refractivity contribution in [2.24, 2.45) is 11.1 Å². The number of nitrogens with two attached hydrogens (primary N) is 1. The number of hydrogen-bond acceptors (Lipinski definition) is 2. The van der Waals surface area contributed by atoms with Crippen molar-refractivity contribution in [1.82, 2.24) is 0 Å². The van der Waals surface area contributed by atoms with Crippen molar-refractivity contribution >= 4 is 0 Å². The molecule has 4 heteroatoms. The van der Waals surface area contributed by atoms with Crippen molar-refractivity contribution in [2.75, 3.05) is 6.54 Å². The summed E-state index contributed by atoms with van der Waals surface area (Å²) in [6.45, 7) is 3.63. The minimum atomic E-state index is -2.80. The van der Waals surface area contributed by atoms with E-state index in [2.05, 4.69) is 13.8 Å². The zero-order chi connectivity index (χ0) is 13.6. The van der Waals surface area contributed by atoms with Crippen LogP contribution in [0.2, 0.25) is 0 Å². The van der Waals surface area contributed by atoms with Gasteiger partial charge in [-0.05, 0) is 24.3 Å². The van der Waals surface area contributed by atoms with Gasteiger partial charge < -0.3 is 10.5 Å². The molecule has 1 unspecified atom stereocenters. The first kappa shape index (κ1) is 13.3. The molecule has 1 aliphatic rings. The molecule has 0 heterocycles. The minimum absolute atomic E-state index is 0.0375. The van der Waals surface area contributed by atoms with Crippen LogP contribution >= 0.6 is 0 Å². The molecule has 18 heavy (non-hydrogen) atoms. The summed E-state index contributed by atoms with van der Waals surface area (Å²) in [5.74, 6) is 0.295. The van der Waals surface area contributed by atoms with Gasteiger partial charge in [0.15, 0.2) is 0 Å². The number of hydrogen-bond donors (Lipinski definition) is 1. The molecule has 0 amide bonds. The lowest BCUT2D eigenvalue weighted by molar-refractivity contribution is -0.0512. The Morgan fingerprint density at radius 3 is 2.44 bits per heavy atom. The van der Waals surface area contributed by atoms with Crippen molar-refractivity contribution in [1.29, 1.82) is 0 Å². The van der Waals surface area contributed by atoms with Crippen LogP contribution in [0.4, 0.5) is 8.78 Å². The number of aryl methyl sites for hydroxylation is 1. The maximum absolute atomic E-state index is 12.5. The van der Waals surface area contributed by atoms with E-state index >= 15 is 0 Å². The van der Waals surface area contributed by atoms with Crippen LogP contribution in [0.1, 0.15) is 31.4 Å². The number of ether oxygens (including phenoxy) is 1. The van der Waals surface area contributed by atoms with E-state index in [0.29, 0.717) is 12.3 Å². The van der Waals surface area contributed by atoms with Crippen LogP contribution in [0.25, 0.3) is 0 Å². The first-order valence-corrected chi connectivity index (χ1v) is 6.09. The number of halogens is 2. The summed E-state index contributed by atoms with van der Waals surface area (Å²) in [7, 11) is 0. The largest absolute Gasteiger partial charge is 0.434 e. The SMILES string of the molecule is Cc1cccc(C2(CN)CC2(C)C)c1OC(F)F. The minimum Gasteiger partial charge on any atom is -0.434 e. The van der Waals surface area contributed by atoms with Crippen molar-refractivity contribution in [3.05, 3.63) is 29.3 Å². The highest BCUT2D eigenvalue weighted by Gasteiger charge is 2.62. The molecule has 1 fully saturated rings. The van der Waals surface area contributed by atoms with Gasteiger partial charge in [-0.15, -0.1) is 0 Å². The highest BCUT2D eigenvalue weighted by atomic mass is 19.3. The van der Waals surface area contributed by atoms with Gasteiger partial charge in [0, 0.05) is 17.5 Å². The Morgan fingerprint density at radius 1 is 1.39 bits per heavy atom. The number of rotatable bonds is 4. The van der Waals surface area contributed by atoms with E-state index in [4.69, 9.17) is 10.5 Å². The lowest BCUT2D eigenvalue weighted by Crippen LogP contribution is -2.26.